The fourth-order valence-corrected chi connectivity index (χ4v) is 4.10. The quantitative estimate of drug-likeness (QED) is 0.320. The molecule has 0 bridgehead atoms. The summed E-state index contributed by atoms with van der Waals surface area (Å²) in [4.78, 5) is 0. The van der Waals surface area contributed by atoms with Gasteiger partial charge in [-0.15, -0.1) is 0 Å². The molecule has 3 rings (SSSR count). The van der Waals surface area contributed by atoms with E-state index < -0.39 is 33.0 Å². The molecule has 30 heavy (non-hydrogen) atoms. The van der Waals surface area contributed by atoms with E-state index in [1.54, 1.807) is 0 Å². The van der Waals surface area contributed by atoms with Crippen LogP contribution in [0.5, 0.6) is 0 Å². The molecule has 2 fully saturated rings. The Balaban J connectivity index is 0.000000672. The van der Waals surface area contributed by atoms with Gasteiger partial charge < -0.3 is 22.1 Å². The average Bonchev–Trinajstić information content (AvgIpc) is 2.75. The topological polar surface area (TPSA) is 76.1 Å². The first-order chi connectivity index (χ1) is 14.5. The van der Waals surface area contributed by atoms with Crippen LogP contribution < -0.4 is 22.1 Å². The van der Waals surface area contributed by atoms with Crippen molar-refractivity contribution in [2.24, 2.45) is 11.5 Å². The summed E-state index contributed by atoms with van der Waals surface area (Å²) in [5.41, 5.74) is 15.1. The van der Waals surface area contributed by atoms with Gasteiger partial charge in [0, 0.05) is 37.3 Å². The van der Waals surface area contributed by atoms with Gasteiger partial charge in [-0.05, 0) is 36.8 Å². The van der Waals surface area contributed by atoms with Crippen LogP contribution in [0.3, 0.4) is 0 Å². The van der Waals surface area contributed by atoms with Crippen LogP contribution >= 0.6 is 37.7 Å². The molecule has 0 amide bonds. The molecule has 4 atom stereocenters. The first-order valence-electron chi connectivity index (χ1n) is 10.3. The predicted molar refractivity (Wildman–Crippen MR) is 124 cm³/mol. The summed E-state index contributed by atoms with van der Waals surface area (Å²) in [6.45, 7) is 1.83. The Kier molecular flexibility index (Phi) is 18.7. The van der Waals surface area contributed by atoms with E-state index in [1.807, 2.05) is 0 Å². The minimum absolute atomic E-state index is 0.321. The maximum absolute atomic E-state index is 6.21. The van der Waals surface area contributed by atoms with Crippen molar-refractivity contribution in [3.8, 4) is 0 Å². The fourth-order valence-electron chi connectivity index (χ4n) is 4.10. The van der Waals surface area contributed by atoms with Gasteiger partial charge in [0.05, 0.1) is 0 Å². The third-order valence-corrected chi connectivity index (χ3v) is 5.80. The molecule has 1 aromatic carbocycles. The molecule has 2 aliphatic carbocycles. The normalized spacial score (nSPS) is 26.3. The summed E-state index contributed by atoms with van der Waals surface area (Å²) >= 11 is -0.944. The van der Waals surface area contributed by atoms with Crippen molar-refractivity contribution in [3.63, 3.8) is 0 Å². The van der Waals surface area contributed by atoms with Crippen molar-refractivity contribution in [3.05, 3.63) is 35.4 Å². The number of nitrogens with one attached hydrogen (secondary N) is 2. The zero-order chi connectivity index (χ0) is 22.2. The summed E-state index contributed by atoms with van der Waals surface area (Å²) in [7, 11) is 19.5. The van der Waals surface area contributed by atoms with E-state index in [-0.39, 0.29) is 0 Å². The maximum atomic E-state index is 6.21. The summed E-state index contributed by atoms with van der Waals surface area (Å²) < 4.78 is 0. The van der Waals surface area contributed by atoms with Gasteiger partial charge in [-0.2, -0.15) is 0 Å². The van der Waals surface area contributed by atoms with E-state index in [0.717, 1.165) is 25.9 Å². The zero-order valence-corrected chi connectivity index (χ0v) is 24.6. The van der Waals surface area contributed by atoms with E-state index in [0.29, 0.717) is 24.2 Å². The number of rotatable bonds is 6. The molecular formula is C20H34Cl4N4Pt2. The molecule has 0 saturated heterocycles. The molecule has 1 aromatic rings. The molecule has 0 radical (unpaired) electrons. The molecule has 6 N–H and O–H groups in total. The number of halogens is 4. The summed E-state index contributed by atoms with van der Waals surface area (Å²) in [5, 5.41) is 7.28. The second kappa shape index (κ2) is 19.0. The van der Waals surface area contributed by atoms with E-state index in [9.17, 15) is 0 Å². The fraction of sp³-hybridized carbons (Fsp3) is 0.700. The van der Waals surface area contributed by atoms with Crippen LogP contribution in [0.2, 0.25) is 0 Å². The van der Waals surface area contributed by atoms with E-state index in [1.165, 1.54) is 49.7 Å². The van der Waals surface area contributed by atoms with Crippen molar-refractivity contribution in [2.75, 3.05) is 0 Å². The van der Waals surface area contributed by atoms with Crippen LogP contribution in [0, 0.1) is 0 Å². The van der Waals surface area contributed by atoms with Gasteiger partial charge in [0.25, 0.3) is 0 Å². The molecule has 10 heteroatoms. The Morgan fingerprint density at radius 1 is 0.667 bits per heavy atom. The van der Waals surface area contributed by atoms with Crippen LogP contribution in [0.1, 0.15) is 62.5 Å². The molecule has 0 spiro atoms. The third-order valence-electron chi connectivity index (χ3n) is 5.80. The van der Waals surface area contributed by atoms with E-state index in [2.05, 4.69) is 34.9 Å². The Morgan fingerprint density at radius 3 is 1.27 bits per heavy atom. The molecule has 4 nitrogen and oxygen atoms in total. The second-order valence-corrected chi connectivity index (χ2v) is 14.3. The van der Waals surface area contributed by atoms with Crippen LogP contribution in [0.15, 0.2) is 24.3 Å². The standard InChI is InChI=1S/C20H34N4.4ClH.2Pt/c21-17-5-1-3-7-19(17)23-13-15-9-11-16(12-10-15)14-24-20-8-4-2-6-18(20)22;;;;;;/h9-12,17-20,23-24H,1-8,13-14,21-22H2;4*1H;;/q;;;;;2*+2/p-4/t17-,18+,19-,20+;;;;;;. The first-order valence-corrected chi connectivity index (χ1v) is 21.5. The summed E-state index contributed by atoms with van der Waals surface area (Å²) in [6.07, 6.45) is 9.92. The number of hydrogen-bond donors (Lipinski definition) is 4. The van der Waals surface area contributed by atoms with Crippen molar-refractivity contribution in [1.29, 1.82) is 0 Å². The minimum atomic E-state index is -0.472. The van der Waals surface area contributed by atoms with Gasteiger partial charge >= 0.3 is 70.6 Å². The predicted octanol–water partition coefficient (Wildman–Crippen LogP) is 5.16. The molecule has 0 unspecified atom stereocenters. The van der Waals surface area contributed by atoms with Gasteiger partial charge in [0.2, 0.25) is 0 Å². The summed E-state index contributed by atoms with van der Waals surface area (Å²) in [5.74, 6) is 0. The molecular weight excluding hydrogens is 828 g/mol. The SMILES string of the molecule is N[C@@H]1CCCC[C@H]1NCc1ccc(CN[C@H]2CCCC[C@@H]2N)cc1.[Cl][Pt][Cl].[Cl][Pt][Cl]. The number of benzene rings is 1. The molecule has 2 aliphatic rings. The Morgan fingerprint density at radius 2 is 0.967 bits per heavy atom. The van der Waals surface area contributed by atoms with Crippen LogP contribution in [-0.4, -0.2) is 24.2 Å². The van der Waals surface area contributed by atoms with Crippen molar-refractivity contribution in [2.45, 2.75) is 88.6 Å². The third kappa shape index (κ3) is 12.7. The molecule has 0 aromatic heterocycles. The molecule has 182 valence electrons. The molecule has 2 saturated carbocycles. The van der Waals surface area contributed by atoms with Gasteiger partial charge in [0.15, 0.2) is 0 Å². The van der Waals surface area contributed by atoms with Gasteiger partial charge in [-0.3, -0.25) is 0 Å². The zero-order valence-electron chi connectivity index (χ0n) is 17.0. The van der Waals surface area contributed by atoms with Gasteiger partial charge in [0.1, 0.15) is 0 Å². The number of nitrogens with two attached hydrogens (primary N) is 2. The van der Waals surface area contributed by atoms with E-state index >= 15 is 0 Å². The molecule has 0 aliphatic heterocycles. The monoisotopic (exact) mass is 860 g/mol. The Labute approximate surface area is 215 Å². The van der Waals surface area contributed by atoms with Crippen molar-refractivity contribution < 1.29 is 33.0 Å². The second-order valence-electron chi connectivity index (χ2n) is 7.78. The van der Waals surface area contributed by atoms with Gasteiger partial charge in [-0.1, -0.05) is 49.9 Å². The van der Waals surface area contributed by atoms with Crippen LogP contribution in [0.25, 0.3) is 0 Å². The first kappa shape index (κ1) is 29.6. The van der Waals surface area contributed by atoms with Crippen molar-refractivity contribution >= 4 is 37.7 Å². The van der Waals surface area contributed by atoms with Crippen molar-refractivity contribution in [1.82, 2.24) is 10.6 Å². The van der Waals surface area contributed by atoms with Crippen LogP contribution in [0.4, 0.5) is 0 Å². The summed E-state index contributed by atoms with van der Waals surface area (Å²) in [6, 6.07) is 10.5. The Hall–Kier alpha value is 1.60. The average molecular weight is 862 g/mol. The number of hydrogen-bond acceptors (Lipinski definition) is 4. The van der Waals surface area contributed by atoms with Crippen LogP contribution in [-0.2, 0) is 46.1 Å². The van der Waals surface area contributed by atoms with E-state index in [4.69, 9.17) is 49.1 Å². The van der Waals surface area contributed by atoms with Gasteiger partial charge in [-0.25, -0.2) is 0 Å². The molecule has 0 heterocycles. The Bertz CT molecular complexity index is 495.